The lowest BCUT2D eigenvalue weighted by Gasteiger charge is -2.63. The van der Waals surface area contributed by atoms with E-state index in [1.54, 1.807) is 39.8 Å². The van der Waals surface area contributed by atoms with E-state index in [0.29, 0.717) is 16.7 Å². The first-order chi connectivity index (χ1) is 19.0. The number of phenols is 1. The monoisotopic (exact) mass is 560 g/mol. The van der Waals surface area contributed by atoms with Gasteiger partial charge in [0.2, 0.25) is 5.78 Å². The van der Waals surface area contributed by atoms with Crippen molar-refractivity contribution in [1.29, 1.82) is 0 Å². The van der Waals surface area contributed by atoms with E-state index >= 15 is 0 Å². The average Bonchev–Trinajstić information content (AvgIpc) is 2.89. The molecule has 2 aromatic carbocycles. The molecule has 0 radical (unpaired) electrons. The maximum absolute atomic E-state index is 14.5. The second-order valence-electron chi connectivity index (χ2n) is 12.6. The standard InChI is InChI=1S/C33H36O8/c1-14(2)23-26(36)21(17(5)34)28(38)33(41)29(39)24-27(37)22-19(16(4)31(24,6)30(40)32(23,33)7)12-13-20(25(22)35)18-10-8-15(3)9-11-18/h8-14,16,23,30,35,37-38,40-41H,1-7H3/t16-,23?,30-,31+,32+,33+/m1/s1. The summed E-state index contributed by atoms with van der Waals surface area (Å²) in [6.45, 7) is 11.0. The molecule has 0 saturated heterocycles. The van der Waals surface area contributed by atoms with Gasteiger partial charge in [0.15, 0.2) is 17.2 Å². The summed E-state index contributed by atoms with van der Waals surface area (Å²) in [6, 6.07) is 10.8. The number of aliphatic hydroxyl groups excluding tert-OH is 3. The summed E-state index contributed by atoms with van der Waals surface area (Å²) in [5, 5.41) is 59.0. The fourth-order valence-electron chi connectivity index (χ4n) is 7.89. The summed E-state index contributed by atoms with van der Waals surface area (Å²) >= 11 is 0. The molecule has 6 atom stereocenters. The zero-order valence-electron chi connectivity index (χ0n) is 24.2. The van der Waals surface area contributed by atoms with Crippen LogP contribution in [-0.4, -0.2) is 54.6 Å². The summed E-state index contributed by atoms with van der Waals surface area (Å²) < 4.78 is 0. The third-order valence-electron chi connectivity index (χ3n) is 10.2. The number of aromatic hydroxyl groups is 1. The molecule has 41 heavy (non-hydrogen) atoms. The largest absolute Gasteiger partial charge is 0.508 e. The number of carbonyl (C=O) groups excluding carboxylic acids is 3. The lowest BCUT2D eigenvalue weighted by molar-refractivity contribution is -0.215. The predicted molar refractivity (Wildman–Crippen MR) is 152 cm³/mol. The van der Waals surface area contributed by atoms with Crippen LogP contribution in [0, 0.1) is 29.6 Å². The maximum Gasteiger partial charge on any atom is 0.203 e. The van der Waals surface area contributed by atoms with Gasteiger partial charge >= 0.3 is 0 Å². The van der Waals surface area contributed by atoms with E-state index in [4.69, 9.17) is 0 Å². The molecule has 8 nitrogen and oxygen atoms in total. The number of ketones is 3. The van der Waals surface area contributed by atoms with Crippen molar-refractivity contribution in [2.45, 2.75) is 66.1 Å². The second kappa shape index (κ2) is 8.87. The second-order valence-corrected chi connectivity index (χ2v) is 12.6. The summed E-state index contributed by atoms with van der Waals surface area (Å²) in [5.74, 6) is -7.21. The normalized spacial score (nSPS) is 33.1. The number of allylic oxidation sites excluding steroid dienone is 1. The maximum atomic E-state index is 14.5. The Hall–Kier alpha value is -3.75. The van der Waals surface area contributed by atoms with Crippen molar-refractivity contribution in [1.82, 2.24) is 0 Å². The zero-order valence-corrected chi connectivity index (χ0v) is 24.2. The highest BCUT2D eigenvalue weighted by atomic mass is 16.4. The van der Waals surface area contributed by atoms with Crippen LogP contribution in [0.25, 0.3) is 16.9 Å². The summed E-state index contributed by atoms with van der Waals surface area (Å²) in [7, 11) is 0. The quantitative estimate of drug-likeness (QED) is 0.339. The zero-order chi connectivity index (χ0) is 30.6. The number of hydrogen-bond acceptors (Lipinski definition) is 8. The van der Waals surface area contributed by atoms with Gasteiger partial charge in [-0.1, -0.05) is 76.6 Å². The average molecular weight is 561 g/mol. The van der Waals surface area contributed by atoms with Crippen molar-refractivity contribution >= 4 is 23.1 Å². The Morgan fingerprint density at radius 1 is 0.976 bits per heavy atom. The van der Waals surface area contributed by atoms with E-state index in [-0.39, 0.29) is 16.9 Å². The molecular formula is C33H36O8. The predicted octanol–water partition coefficient (Wildman–Crippen LogP) is 4.70. The van der Waals surface area contributed by atoms with Crippen LogP contribution in [0.5, 0.6) is 5.75 Å². The summed E-state index contributed by atoms with van der Waals surface area (Å²) in [6.07, 6.45) is -1.65. The molecule has 216 valence electrons. The highest BCUT2D eigenvalue weighted by Gasteiger charge is 2.77. The van der Waals surface area contributed by atoms with E-state index in [0.717, 1.165) is 12.5 Å². The molecule has 3 aliphatic rings. The first kappa shape index (κ1) is 28.8. The molecule has 1 saturated carbocycles. The van der Waals surface area contributed by atoms with Crippen molar-refractivity contribution in [3.05, 3.63) is 70.0 Å². The van der Waals surface area contributed by atoms with Gasteiger partial charge in [0.25, 0.3) is 0 Å². The summed E-state index contributed by atoms with van der Waals surface area (Å²) in [5.41, 5.74) is -4.94. The van der Waals surface area contributed by atoms with Crippen molar-refractivity contribution in [3.8, 4) is 16.9 Å². The van der Waals surface area contributed by atoms with Gasteiger partial charge in [-0.3, -0.25) is 14.4 Å². The lowest BCUT2D eigenvalue weighted by atomic mass is 9.40. The molecule has 5 N–H and O–H groups in total. The number of Topliss-reactive ketones (excluding diaryl/α,β-unsaturated/α-hetero) is 3. The van der Waals surface area contributed by atoms with Crippen LogP contribution >= 0.6 is 0 Å². The van der Waals surface area contributed by atoms with Crippen molar-refractivity contribution < 1.29 is 39.9 Å². The molecule has 0 aromatic heterocycles. The fourth-order valence-corrected chi connectivity index (χ4v) is 7.89. The molecule has 0 amide bonds. The molecule has 2 aromatic rings. The van der Waals surface area contributed by atoms with Crippen LogP contribution in [0.3, 0.4) is 0 Å². The molecule has 1 unspecified atom stereocenters. The number of benzene rings is 2. The Labute approximate surface area is 238 Å². The van der Waals surface area contributed by atoms with Gasteiger partial charge in [-0.25, -0.2) is 0 Å². The number of aryl methyl sites for hydroxylation is 1. The molecule has 3 aliphatic carbocycles. The third kappa shape index (κ3) is 3.26. The fraction of sp³-hybridized carbons (Fsp3) is 0.424. The Balaban J connectivity index is 1.86. The van der Waals surface area contributed by atoms with Gasteiger partial charge in [0, 0.05) is 22.3 Å². The van der Waals surface area contributed by atoms with Crippen LogP contribution in [0.2, 0.25) is 0 Å². The molecule has 8 heteroatoms. The molecular weight excluding hydrogens is 524 g/mol. The van der Waals surface area contributed by atoms with Crippen LogP contribution in [-0.2, 0) is 14.4 Å². The van der Waals surface area contributed by atoms with Crippen molar-refractivity contribution in [2.75, 3.05) is 0 Å². The van der Waals surface area contributed by atoms with E-state index in [1.165, 1.54) is 6.92 Å². The van der Waals surface area contributed by atoms with E-state index in [2.05, 4.69) is 0 Å². The number of hydrogen-bond donors (Lipinski definition) is 5. The highest BCUT2D eigenvalue weighted by molar-refractivity contribution is 6.24. The number of carbonyl (C=O) groups is 3. The van der Waals surface area contributed by atoms with Gasteiger partial charge in [-0.05, 0) is 36.8 Å². The minimum atomic E-state index is -2.90. The van der Waals surface area contributed by atoms with Crippen molar-refractivity contribution in [2.24, 2.45) is 22.7 Å². The van der Waals surface area contributed by atoms with Crippen LogP contribution in [0.1, 0.15) is 64.2 Å². The lowest BCUT2D eigenvalue weighted by Crippen LogP contribution is -2.75. The van der Waals surface area contributed by atoms with Crippen LogP contribution in [0.15, 0.2) is 53.3 Å². The van der Waals surface area contributed by atoms with Gasteiger partial charge in [-0.2, -0.15) is 0 Å². The molecule has 0 bridgehead atoms. The Morgan fingerprint density at radius 2 is 1.56 bits per heavy atom. The smallest absolute Gasteiger partial charge is 0.203 e. The molecule has 1 fully saturated rings. The Kier molecular flexibility index (Phi) is 6.23. The summed E-state index contributed by atoms with van der Waals surface area (Å²) in [4.78, 5) is 40.7. The minimum absolute atomic E-state index is 0.0154. The topological polar surface area (TPSA) is 152 Å². The molecule has 5 rings (SSSR count). The van der Waals surface area contributed by atoms with E-state index < -0.39 is 74.7 Å². The third-order valence-corrected chi connectivity index (χ3v) is 10.2. The number of phenolic OH excluding ortho intramolecular Hbond substituents is 1. The van der Waals surface area contributed by atoms with Crippen LogP contribution in [0.4, 0.5) is 0 Å². The van der Waals surface area contributed by atoms with Crippen LogP contribution < -0.4 is 0 Å². The number of aliphatic hydroxyl groups is 4. The van der Waals surface area contributed by atoms with Gasteiger partial charge in [-0.15, -0.1) is 0 Å². The van der Waals surface area contributed by atoms with Crippen molar-refractivity contribution in [3.63, 3.8) is 0 Å². The molecule has 0 heterocycles. The van der Waals surface area contributed by atoms with Gasteiger partial charge < -0.3 is 25.5 Å². The molecule has 0 spiro atoms. The number of rotatable bonds is 3. The number of fused-ring (bicyclic) bond motifs is 3. The van der Waals surface area contributed by atoms with E-state index in [1.807, 2.05) is 31.2 Å². The van der Waals surface area contributed by atoms with Gasteiger partial charge in [0.1, 0.15) is 22.8 Å². The first-order valence-corrected chi connectivity index (χ1v) is 13.8. The Bertz CT molecular complexity index is 1600. The highest BCUT2D eigenvalue weighted by Crippen LogP contribution is 2.67. The first-order valence-electron chi connectivity index (χ1n) is 13.8. The van der Waals surface area contributed by atoms with E-state index in [9.17, 15) is 39.9 Å². The SMILES string of the molecule is CC(=O)C1=C(O)[C@]2(O)C(=O)C3=C(O)c4c(ccc(-c5ccc(C)cc5)c4O)[C@@H](C)[C@]3(C)[C@@H](O)[C@]2(C)C(C(C)C)C1=O. The molecule has 0 aliphatic heterocycles. The van der Waals surface area contributed by atoms with Gasteiger partial charge in [0.05, 0.1) is 17.2 Å². The minimum Gasteiger partial charge on any atom is -0.508 e. The Morgan fingerprint density at radius 3 is 2.10 bits per heavy atom.